The molecule has 1 fully saturated rings. The maximum absolute atomic E-state index is 4.53. The Hall–Kier alpha value is -1.00. The summed E-state index contributed by atoms with van der Waals surface area (Å²) in [5, 5.41) is 9.26. The first-order chi connectivity index (χ1) is 10.8. The first-order valence-corrected chi connectivity index (χ1v) is 9.90. The smallest absolute Gasteiger partial charge is 0.0926 e. The van der Waals surface area contributed by atoms with Crippen molar-refractivity contribution in [2.75, 3.05) is 25.1 Å². The Bertz CT molecular complexity index is 665. The first-order valence-electron chi connectivity index (χ1n) is 8.50. The standard InChI is InChI=1S/C18H25N3S/c1-3-7-21-10-12(11-22-2)8-14-13-5-4-6-15-18(13)16(20-19-15)9-17(14)21/h4-6,12,14,17H,3,7-11H2,1-2H3,(H,19,20)/t12-,14?,17-/m1/s1. The fraction of sp³-hybridized carbons (Fsp3) is 0.611. The molecule has 0 bridgehead atoms. The second-order valence-electron chi connectivity index (χ2n) is 6.87. The van der Waals surface area contributed by atoms with Gasteiger partial charge in [0.1, 0.15) is 0 Å². The number of aromatic amines is 1. The Morgan fingerprint density at radius 1 is 1.41 bits per heavy atom. The quantitative estimate of drug-likeness (QED) is 0.934. The minimum absolute atomic E-state index is 0.664. The summed E-state index contributed by atoms with van der Waals surface area (Å²) < 4.78 is 0. The van der Waals surface area contributed by atoms with Crippen molar-refractivity contribution in [3.8, 4) is 0 Å². The topological polar surface area (TPSA) is 31.9 Å². The summed E-state index contributed by atoms with van der Waals surface area (Å²) in [6.45, 7) is 4.80. The lowest BCUT2D eigenvalue weighted by molar-refractivity contribution is 0.0919. The zero-order valence-electron chi connectivity index (χ0n) is 13.5. The Morgan fingerprint density at radius 2 is 2.32 bits per heavy atom. The van der Waals surface area contributed by atoms with E-state index in [2.05, 4.69) is 46.5 Å². The summed E-state index contributed by atoms with van der Waals surface area (Å²) in [6, 6.07) is 7.35. The van der Waals surface area contributed by atoms with Crippen molar-refractivity contribution in [2.45, 2.75) is 38.1 Å². The molecule has 1 aliphatic heterocycles. The van der Waals surface area contributed by atoms with Crippen LogP contribution in [0.15, 0.2) is 18.2 Å². The molecule has 3 nitrogen and oxygen atoms in total. The van der Waals surface area contributed by atoms with Gasteiger partial charge >= 0.3 is 0 Å². The predicted molar refractivity (Wildman–Crippen MR) is 94.7 cm³/mol. The normalized spacial score (nSPS) is 28.0. The van der Waals surface area contributed by atoms with Gasteiger partial charge in [-0.3, -0.25) is 10.00 Å². The van der Waals surface area contributed by atoms with E-state index in [4.69, 9.17) is 0 Å². The highest BCUT2D eigenvalue weighted by Gasteiger charge is 2.40. The molecule has 0 saturated carbocycles. The molecule has 1 N–H and O–H groups in total. The number of aromatic nitrogens is 2. The van der Waals surface area contributed by atoms with E-state index in [9.17, 15) is 0 Å². The van der Waals surface area contributed by atoms with Crippen molar-refractivity contribution in [3.63, 3.8) is 0 Å². The Balaban J connectivity index is 1.75. The van der Waals surface area contributed by atoms with Gasteiger partial charge < -0.3 is 0 Å². The molecule has 22 heavy (non-hydrogen) atoms. The molecular formula is C18H25N3S. The lowest BCUT2D eigenvalue weighted by Crippen LogP contribution is -2.50. The van der Waals surface area contributed by atoms with E-state index in [1.807, 2.05) is 11.8 Å². The molecular weight excluding hydrogens is 290 g/mol. The van der Waals surface area contributed by atoms with Crippen molar-refractivity contribution in [3.05, 3.63) is 29.5 Å². The SMILES string of the molecule is CCCN1C[C@H](CSC)CC2c3cccc4n[nH]c(c34)C[C@H]21. The molecule has 4 heteroatoms. The van der Waals surface area contributed by atoms with Crippen LogP contribution in [0.4, 0.5) is 0 Å². The molecule has 2 heterocycles. The fourth-order valence-electron chi connectivity index (χ4n) is 4.65. The zero-order valence-corrected chi connectivity index (χ0v) is 14.3. The highest BCUT2D eigenvalue weighted by molar-refractivity contribution is 7.98. The van der Waals surface area contributed by atoms with Gasteiger partial charge in [0, 0.05) is 36.0 Å². The van der Waals surface area contributed by atoms with Gasteiger partial charge in [-0.2, -0.15) is 16.9 Å². The van der Waals surface area contributed by atoms with Crippen molar-refractivity contribution < 1.29 is 0 Å². The number of rotatable bonds is 4. The summed E-state index contributed by atoms with van der Waals surface area (Å²) in [5.74, 6) is 2.80. The van der Waals surface area contributed by atoms with Gasteiger partial charge in [0.05, 0.1) is 5.52 Å². The van der Waals surface area contributed by atoms with Crippen LogP contribution in [-0.2, 0) is 6.42 Å². The lowest BCUT2D eigenvalue weighted by Gasteiger charge is -2.47. The van der Waals surface area contributed by atoms with Gasteiger partial charge in [-0.25, -0.2) is 0 Å². The van der Waals surface area contributed by atoms with Gasteiger partial charge in [-0.15, -0.1) is 0 Å². The van der Waals surface area contributed by atoms with Crippen molar-refractivity contribution in [1.82, 2.24) is 15.1 Å². The van der Waals surface area contributed by atoms with E-state index in [-0.39, 0.29) is 0 Å². The molecule has 0 amide bonds. The van der Waals surface area contributed by atoms with E-state index in [1.54, 1.807) is 5.56 Å². The van der Waals surface area contributed by atoms with Crippen LogP contribution in [0.2, 0.25) is 0 Å². The van der Waals surface area contributed by atoms with Crippen molar-refractivity contribution >= 4 is 22.7 Å². The van der Waals surface area contributed by atoms with E-state index in [0.29, 0.717) is 12.0 Å². The number of benzene rings is 1. The minimum Gasteiger partial charge on any atom is -0.299 e. The molecule has 1 aromatic carbocycles. The average Bonchev–Trinajstić information content (AvgIpc) is 2.94. The number of nitrogens with zero attached hydrogens (tertiary/aromatic N) is 2. The molecule has 2 aromatic rings. The van der Waals surface area contributed by atoms with Crippen molar-refractivity contribution in [1.29, 1.82) is 0 Å². The number of likely N-dealkylation sites (tertiary alicyclic amines) is 1. The number of thioether (sulfide) groups is 1. The first kappa shape index (κ1) is 14.6. The zero-order chi connectivity index (χ0) is 15.1. The van der Waals surface area contributed by atoms with Crippen LogP contribution in [0, 0.1) is 5.92 Å². The number of piperidine rings is 1. The van der Waals surface area contributed by atoms with Crippen LogP contribution in [0.1, 0.15) is 36.9 Å². The fourth-order valence-corrected chi connectivity index (χ4v) is 5.36. The van der Waals surface area contributed by atoms with Gasteiger partial charge in [0.2, 0.25) is 0 Å². The van der Waals surface area contributed by atoms with Gasteiger partial charge in [0.15, 0.2) is 0 Å². The average molecular weight is 315 g/mol. The van der Waals surface area contributed by atoms with Crippen LogP contribution in [-0.4, -0.2) is 46.2 Å². The molecule has 4 rings (SSSR count). The minimum atomic E-state index is 0.664. The molecule has 1 saturated heterocycles. The van der Waals surface area contributed by atoms with Crippen molar-refractivity contribution in [2.24, 2.45) is 5.92 Å². The van der Waals surface area contributed by atoms with Crippen LogP contribution < -0.4 is 0 Å². The second-order valence-corrected chi connectivity index (χ2v) is 7.78. The third kappa shape index (κ3) is 2.28. The highest BCUT2D eigenvalue weighted by atomic mass is 32.2. The Kier molecular flexibility index (Phi) is 3.91. The highest BCUT2D eigenvalue weighted by Crippen LogP contribution is 2.44. The van der Waals surface area contributed by atoms with Crippen LogP contribution in [0.3, 0.4) is 0 Å². The second kappa shape index (κ2) is 5.89. The summed E-state index contributed by atoms with van der Waals surface area (Å²) in [4.78, 5) is 2.76. The number of fused-ring (bicyclic) bond motifs is 2. The van der Waals surface area contributed by atoms with E-state index in [0.717, 1.165) is 17.9 Å². The number of nitrogens with one attached hydrogen (secondary N) is 1. The number of hydrogen-bond acceptors (Lipinski definition) is 3. The van der Waals surface area contributed by atoms with E-state index < -0.39 is 0 Å². The summed E-state index contributed by atoms with van der Waals surface area (Å²) in [6.07, 6.45) is 5.97. The molecule has 3 atom stereocenters. The molecule has 0 spiro atoms. The lowest BCUT2D eigenvalue weighted by atomic mass is 9.73. The predicted octanol–water partition coefficient (Wildman–Crippen LogP) is 3.67. The number of hydrogen-bond donors (Lipinski definition) is 1. The maximum atomic E-state index is 4.53. The summed E-state index contributed by atoms with van der Waals surface area (Å²) in [7, 11) is 0. The molecule has 1 aliphatic carbocycles. The summed E-state index contributed by atoms with van der Waals surface area (Å²) >= 11 is 2.00. The van der Waals surface area contributed by atoms with Crippen LogP contribution in [0.5, 0.6) is 0 Å². The van der Waals surface area contributed by atoms with Gasteiger partial charge in [-0.1, -0.05) is 19.1 Å². The summed E-state index contributed by atoms with van der Waals surface area (Å²) in [5.41, 5.74) is 4.06. The van der Waals surface area contributed by atoms with E-state index >= 15 is 0 Å². The van der Waals surface area contributed by atoms with E-state index in [1.165, 1.54) is 42.8 Å². The molecule has 1 aromatic heterocycles. The van der Waals surface area contributed by atoms with Gasteiger partial charge in [0.25, 0.3) is 0 Å². The van der Waals surface area contributed by atoms with Crippen LogP contribution in [0.25, 0.3) is 10.9 Å². The Morgan fingerprint density at radius 3 is 3.14 bits per heavy atom. The van der Waals surface area contributed by atoms with Gasteiger partial charge in [-0.05, 0) is 48.9 Å². The Labute approximate surface area is 136 Å². The third-order valence-electron chi connectivity index (χ3n) is 5.43. The molecule has 1 unspecified atom stereocenters. The number of H-pyrrole nitrogens is 1. The molecule has 2 aliphatic rings. The largest absolute Gasteiger partial charge is 0.299 e. The maximum Gasteiger partial charge on any atom is 0.0926 e. The monoisotopic (exact) mass is 315 g/mol. The third-order valence-corrected chi connectivity index (χ3v) is 6.23. The van der Waals surface area contributed by atoms with Crippen LogP contribution >= 0.6 is 11.8 Å². The molecule has 0 radical (unpaired) electrons. The molecule has 118 valence electrons.